The summed E-state index contributed by atoms with van der Waals surface area (Å²) in [5, 5.41) is 16.3. The number of aromatic nitrogens is 3. The highest BCUT2D eigenvalue weighted by Gasteiger charge is 2.65. The molecule has 6 nitrogen and oxygen atoms in total. The largest absolute Gasteiger partial charge is 0.390 e. The second kappa shape index (κ2) is 8.11. The van der Waals surface area contributed by atoms with Crippen LogP contribution in [0, 0.1) is 40.4 Å². The van der Waals surface area contributed by atoms with Gasteiger partial charge in [-0.3, -0.25) is 14.5 Å². The molecule has 4 aliphatic rings. The van der Waals surface area contributed by atoms with E-state index in [0.29, 0.717) is 30.2 Å². The molecule has 4 saturated carbocycles. The lowest BCUT2D eigenvalue weighted by atomic mass is 9.43. The number of rotatable bonds is 4. The van der Waals surface area contributed by atoms with E-state index in [-0.39, 0.29) is 28.6 Å². The minimum Gasteiger partial charge on any atom is -0.390 e. The number of aliphatic hydroxyl groups is 1. The van der Waals surface area contributed by atoms with E-state index in [9.17, 15) is 9.90 Å². The van der Waals surface area contributed by atoms with Gasteiger partial charge in [-0.1, -0.05) is 13.8 Å². The van der Waals surface area contributed by atoms with Gasteiger partial charge in [0.2, 0.25) is 0 Å². The van der Waals surface area contributed by atoms with Crippen molar-refractivity contribution in [3.05, 3.63) is 24.7 Å². The molecule has 2 aromatic rings. The number of Topliss-reactive ketones (excluding diaryl/α,β-unsaturated/α-hetero) is 1. The van der Waals surface area contributed by atoms with E-state index < -0.39 is 5.60 Å². The van der Waals surface area contributed by atoms with Gasteiger partial charge in [-0.05, 0) is 93.4 Å². The van der Waals surface area contributed by atoms with Gasteiger partial charge < -0.3 is 9.84 Å². The average Bonchev–Trinajstić information content (AvgIpc) is 3.40. The molecule has 0 spiro atoms. The van der Waals surface area contributed by atoms with Crippen LogP contribution in [-0.2, 0) is 16.1 Å². The molecule has 0 bridgehead atoms. The molecular weight excluding hydrogens is 438 g/mol. The first-order valence-corrected chi connectivity index (χ1v) is 13.7. The van der Waals surface area contributed by atoms with Crippen LogP contribution in [0.4, 0.5) is 0 Å². The van der Waals surface area contributed by atoms with Crippen molar-refractivity contribution in [1.29, 1.82) is 0 Å². The summed E-state index contributed by atoms with van der Waals surface area (Å²) in [4.78, 5) is 18.1. The molecule has 0 aliphatic heterocycles. The van der Waals surface area contributed by atoms with Crippen LogP contribution in [0.5, 0.6) is 0 Å². The fourth-order valence-electron chi connectivity index (χ4n) is 9.55. The van der Waals surface area contributed by atoms with Crippen molar-refractivity contribution < 1.29 is 14.6 Å². The lowest BCUT2D eigenvalue weighted by Crippen LogP contribution is -2.60. The normalized spacial score (nSPS) is 45.1. The Bertz CT molecular complexity index is 1130. The minimum absolute atomic E-state index is 0.00643. The summed E-state index contributed by atoms with van der Waals surface area (Å²) >= 11 is 0. The Morgan fingerprint density at radius 3 is 2.77 bits per heavy atom. The molecule has 4 fully saturated rings. The van der Waals surface area contributed by atoms with Crippen LogP contribution in [0.15, 0.2) is 24.7 Å². The van der Waals surface area contributed by atoms with Gasteiger partial charge in [0.1, 0.15) is 6.54 Å². The Balaban J connectivity index is 1.28. The van der Waals surface area contributed by atoms with E-state index in [0.717, 1.165) is 49.4 Å². The zero-order valence-electron chi connectivity index (χ0n) is 21.7. The van der Waals surface area contributed by atoms with Crippen LogP contribution >= 0.6 is 0 Å². The molecule has 35 heavy (non-hydrogen) atoms. The summed E-state index contributed by atoms with van der Waals surface area (Å²) in [6, 6.07) is 1.94. The second-order valence-corrected chi connectivity index (χ2v) is 13.0. The maximum absolute atomic E-state index is 13.8. The van der Waals surface area contributed by atoms with E-state index in [2.05, 4.69) is 23.9 Å². The third kappa shape index (κ3) is 3.46. The van der Waals surface area contributed by atoms with Crippen LogP contribution in [0.25, 0.3) is 10.9 Å². The highest BCUT2D eigenvalue weighted by molar-refractivity contribution is 5.85. The second-order valence-electron chi connectivity index (χ2n) is 13.0. The first-order chi connectivity index (χ1) is 16.7. The van der Waals surface area contributed by atoms with Gasteiger partial charge in [0.25, 0.3) is 0 Å². The summed E-state index contributed by atoms with van der Waals surface area (Å²) in [5.41, 5.74) is 0.550. The highest BCUT2D eigenvalue weighted by Crippen LogP contribution is 2.68. The molecule has 6 rings (SSSR count). The first kappa shape index (κ1) is 23.6. The third-order valence-corrected chi connectivity index (χ3v) is 11.5. The van der Waals surface area contributed by atoms with Crippen LogP contribution in [0.3, 0.4) is 0 Å². The van der Waals surface area contributed by atoms with Crippen LogP contribution in [-0.4, -0.2) is 44.5 Å². The van der Waals surface area contributed by atoms with Crippen molar-refractivity contribution >= 4 is 16.7 Å². The Hall–Kier alpha value is -1.79. The first-order valence-electron chi connectivity index (χ1n) is 13.7. The van der Waals surface area contributed by atoms with Gasteiger partial charge >= 0.3 is 0 Å². The SMILES string of the molecule is CO[C@H]1C[C@H]2[C@@H](CC[C@H]3C[C@](C)(O)CC[C@@]32C)[C@@H]2CC[C@H](C(=O)Cn3ncc4ccncc43)[C@@]12C. The number of carbonyl (C=O) groups excluding carboxylic acids is 1. The van der Waals surface area contributed by atoms with Crippen molar-refractivity contribution in [3.63, 3.8) is 0 Å². The predicted molar refractivity (Wildman–Crippen MR) is 135 cm³/mol. The van der Waals surface area contributed by atoms with Gasteiger partial charge in [-0.15, -0.1) is 0 Å². The standard InChI is InChI=1S/C29H41N3O3/c1-27(34)10-11-28(2)19(14-27)5-6-20-21-7-8-22(29(21,3)26(35-4)13-23(20)28)25(33)17-32-24-16-30-12-9-18(24)15-31-32/h9,12,15-16,19-23,26,34H,5-8,10-11,13-14,17H2,1-4H3/t19-,20-,21-,22+,23-,26-,27+,28-,29-/m0/s1. The van der Waals surface area contributed by atoms with Crippen LogP contribution < -0.4 is 0 Å². The minimum atomic E-state index is -0.516. The molecular formula is C29H41N3O3. The Morgan fingerprint density at radius 2 is 1.97 bits per heavy atom. The molecule has 6 heteroatoms. The number of hydrogen-bond acceptors (Lipinski definition) is 5. The number of ketones is 1. The zero-order valence-corrected chi connectivity index (χ0v) is 21.7. The molecule has 0 unspecified atom stereocenters. The van der Waals surface area contributed by atoms with Crippen molar-refractivity contribution in [2.75, 3.05) is 7.11 Å². The number of nitrogens with zero attached hydrogens (tertiary/aromatic N) is 3. The molecule has 2 aromatic heterocycles. The van der Waals surface area contributed by atoms with Gasteiger partial charge in [-0.25, -0.2) is 0 Å². The van der Waals surface area contributed by atoms with Crippen LogP contribution in [0.2, 0.25) is 0 Å². The Kier molecular flexibility index (Phi) is 5.47. The summed E-state index contributed by atoms with van der Waals surface area (Å²) in [5.74, 6) is 2.69. The molecule has 4 aliphatic carbocycles. The van der Waals surface area contributed by atoms with E-state index in [1.807, 2.05) is 31.0 Å². The molecule has 9 atom stereocenters. The molecule has 190 valence electrons. The fraction of sp³-hybridized carbons (Fsp3) is 0.759. The topological polar surface area (TPSA) is 77.2 Å². The zero-order chi connectivity index (χ0) is 24.6. The van der Waals surface area contributed by atoms with E-state index in [1.165, 1.54) is 12.8 Å². The maximum Gasteiger partial charge on any atom is 0.158 e. The van der Waals surface area contributed by atoms with Crippen LogP contribution in [0.1, 0.15) is 72.1 Å². The van der Waals surface area contributed by atoms with E-state index in [4.69, 9.17) is 4.74 Å². The summed E-state index contributed by atoms with van der Waals surface area (Å²) in [7, 11) is 1.86. The van der Waals surface area contributed by atoms with E-state index >= 15 is 0 Å². The Morgan fingerprint density at radius 1 is 1.14 bits per heavy atom. The lowest BCUT2D eigenvalue weighted by molar-refractivity contribution is -0.188. The number of hydrogen-bond donors (Lipinski definition) is 1. The third-order valence-electron chi connectivity index (χ3n) is 11.5. The molecule has 0 radical (unpaired) electrons. The summed E-state index contributed by atoms with van der Waals surface area (Å²) in [6.45, 7) is 7.20. The van der Waals surface area contributed by atoms with Crippen molar-refractivity contribution in [2.45, 2.75) is 90.4 Å². The highest BCUT2D eigenvalue weighted by atomic mass is 16.5. The van der Waals surface area contributed by atoms with Crippen molar-refractivity contribution in [1.82, 2.24) is 14.8 Å². The van der Waals surface area contributed by atoms with Gasteiger partial charge in [0.15, 0.2) is 5.78 Å². The Labute approximate surface area is 208 Å². The molecule has 0 amide bonds. The molecule has 0 aromatic carbocycles. The molecule has 2 heterocycles. The number of methoxy groups -OCH3 is 1. The smallest absolute Gasteiger partial charge is 0.158 e. The summed E-state index contributed by atoms with van der Waals surface area (Å²) in [6.07, 6.45) is 14.0. The lowest BCUT2D eigenvalue weighted by Gasteiger charge is -2.63. The van der Waals surface area contributed by atoms with E-state index in [1.54, 1.807) is 12.4 Å². The average molecular weight is 480 g/mol. The molecule has 1 N–H and O–H groups in total. The van der Waals surface area contributed by atoms with Gasteiger partial charge in [0.05, 0.1) is 29.6 Å². The predicted octanol–water partition coefficient (Wildman–Crippen LogP) is 5.04. The summed E-state index contributed by atoms with van der Waals surface area (Å²) < 4.78 is 8.10. The number of pyridine rings is 1. The quantitative estimate of drug-likeness (QED) is 0.665. The number of carbonyl (C=O) groups is 1. The number of fused-ring (bicyclic) bond motifs is 6. The van der Waals surface area contributed by atoms with Crippen molar-refractivity contribution in [3.8, 4) is 0 Å². The van der Waals surface area contributed by atoms with Crippen molar-refractivity contribution in [2.24, 2.45) is 40.4 Å². The number of ether oxygens (including phenoxy) is 1. The molecule has 0 saturated heterocycles. The van der Waals surface area contributed by atoms with Gasteiger partial charge in [-0.2, -0.15) is 5.10 Å². The monoisotopic (exact) mass is 479 g/mol. The fourth-order valence-corrected chi connectivity index (χ4v) is 9.55. The van der Waals surface area contributed by atoms with Gasteiger partial charge in [0, 0.05) is 30.0 Å². The maximum atomic E-state index is 13.8.